The van der Waals surface area contributed by atoms with Gasteiger partial charge in [-0.05, 0) is 67.8 Å². The molecule has 4 saturated carbocycles. The van der Waals surface area contributed by atoms with Crippen molar-refractivity contribution in [1.82, 2.24) is 10.2 Å². The summed E-state index contributed by atoms with van der Waals surface area (Å²) in [6, 6.07) is 9.53. The quantitative estimate of drug-likeness (QED) is 0.834. The first kappa shape index (κ1) is 18.8. The van der Waals surface area contributed by atoms with Crippen molar-refractivity contribution in [1.29, 1.82) is 0 Å². The number of alkyl carbamates (subject to hydrolysis) is 1. The molecule has 0 spiro atoms. The number of hydrogen-bond donors (Lipinski definition) is 1. The van der Waals surface area contributed by atoms with E-state index < -0.39 is 6.09 Å². The Bertz CT molecular complexity index is 725. The van der Waals surface area contributed by atoms with Crippen LogP contribution in [0.4, 0.5) is 9.59 Å². The number of ether oxygens (including phenoxy) is 2. The average Bonchev–Trinajstić information content (AvgIpc) is 3.18. The fourth-order valence-electron chi connectivity index (χ4n) is 6.23. The van der Waals surface area contributed by atoms with Crippen molar-refractivity contribution >= 4 is 12.2 Å². The molecule has 5 aliphatic rings. The molecule has 29 heavy (non-hydrogen) atoms. The van der Waals surface area contributed by atoms with E-state index in [0.717, 1.165) is 23.8 Å². The topological polar surface area (TPSA) is 67.9 Å². The van der Waals surface area contributed by atoms with E-state index in [1.165, 1.54) is 32.1 Å². The van der Waals surface area contributed by atoms with Gasteiger partial charge in [-0.25, -0.2) is 9.59 Å². The normalized spacial score (nSPS) is 34.8. The van der Waals surface area contributed by atoms with Crippen LogP contribution in [0.25, 0.3) is 0 Å². The zero-order valence-corrected chi connectivity index (χ0v) is 16.8. The number of benzene rings is 1. The highest BCUT2D eigenvalue weighted by Gasteiger charge is 2.50. The molecule has 6 nitrogen and oxygen atoms in total. The summed E-state index contributed by atoms with van der Waals surface area (Å²) < 4.78 is 11.3. The molecule has 1 aromatic rings. The van der Waals surface area contributed by atoms with Crippen LogP contribution in [-0.4, -0.2) is 42.3 Å². The predicted molar refractivity (Wildman–Crippen MR) is 107 cm³/mol. The Morgan fingerprint density at radius 3 is 2.38 bits per heavy atom. The summed E-state index contributed by atoms with van der Waals surface area (Å²) in [5.41, 5.74) is 0.954. The molecule has 5 fully saturated rings. The van der Waals surface area contributed by atoms with Crippen molar-refractivity contribution in [2.45, 2.75) is 57.3 Å². The Morgan fingerprint density at radius 2 is 1.69 bits per heavy atom. The van der Waals surface area contributed by atoms with Crippen LogP contribution in [0.15, 0.2) is 30.3 Å². The Labute approximate surface area is 171 Å². The molecule has 1 heterocycles. The van der Waals surface area contributed by atoms with Crippen LogP contribution in [-0.2, 0) is 16.1 Å². The Balaban J connectivity index is 1.08. The van der Waals surface area contributed by atoms with E-state index in [2.05, 4.69) is 5.32 Å². The molecule has 1 aromatic carbocycles. The number of hydrogen-bond acceptors (Lipinski definition) is 4. The van der Waals surface area contributed by atoms with Gasteiger partial charge in [0, 0.05) is 13.1 Å². The van der Waals surface area contributed by atoms with Gasteiger partial charge in [-0.15, -0.1) is 0 Å². The standard InChI is InChI=1S/C23H30N2O4/c26-22(28-14-15-4-2-1-3-5-15)24-20-6-7-25(13-20)23(27)29-21-18-9-16-8-17(11-18)12-19(21)10-16/h1-5,16-21H,6-14H2,(H,24,26). The minimum absolute atomic E-state index is 0.0793. The van der Waals surface area contributed by atoms with Crippen molar-refractivity contribution in [3.8, 4) is 0 Å². The van der Waals surface area contributed by atoms with Gasteiger partial charge in [0.15, 0.2) is 0 Å². The van der Waals surface area contributed by atoms with Gasteiger partial charge < -0.3 is 19.7 Å². The Hall–Kier alpha value is -2.24. The highest BCUT2D eigenvalue weighted by atomic mass is 16.6. The molecule has 1 N–H and O–H groups in total. The first-order valence-corrected chi connectivity index (χ1v) is 11.1. The second-order valence-corrected chi connectivity index (χ2v) is 9.42. The fraction of sp³-hybridized carbons (Fsp3) is 0.652. The summed E-state index contributed by atoms with van der Waals surface area (Å²) in [5.74, 6) is 2.88. The minimum atomic E-state index is -0.435. The lowest BCUT2D eigenvalue weighted by atomic mass is 9.55. The van der Waals surface area contributed by atoms with Crippen LogP contribution in [0.2, 0.25) is 0 Å². The van der Waals surface area contributed by atoms with Gasteiger partial charge in [0.25, 0.3) is 0 Å². The summed E-state index contributed by atoms with van der Waals surface area (Å²) in [7, 11) is 0. The van der Waals surface area contributed by atoms with Gasteiger partial charge in [0.2, 0.25) is 0 Å². The minimum Gasteiger partial charge on any atom is -0.446 e. The van der Waals surface area contributed by atoms with Crippen LogP contribution >= 0.6 is 0 Å². The number of nitrogens with one attached hydrogen (secondary N) is 1. The van der Waals surface area contributed by atoms with Crippen LogP contribution < -0.4 is 5.32 Å². The van der Waals surface area contributed by atoms with Crippen LogP contribution in [0.5, 0.6) is 0 Å². The maximum absolute atomic E-state index is 12.7. The highest BCUT2D eigenvalue weighted by molar-refractivity contribution is 5.70. The summed E-state index contributed by atoms with van der Waals surface area (Å²) in [5, 5.41) is 2.88. The summed E-state index contributed by atoms with van der Waals surface area (Å²) in [6.45, 7) is 1.36. The molecule has 1 unspecified atom stereocenters. The smallest absolute Gasteiger partial charge is 0.410 e. The molecular weight excluding hydrogens is 368 g/mol. The van der Waals surface area contributed by atoms with E-state index in [1.807, 2.05) is 30.3 Å². The number of rotatable bonds is 4. The van der Waals surface area contributed by atoms with Crippen molar-refractivity contribution in [3.05, 3.63) is 35.9 Å². The van der Waals surface area contributed by atoms with E-state index in [0.29, 0.717) is 24.9 Å². The largest absolute Gasteiger partial charge is 0.446 e. The van der Waals surface area contributed by atoms with Crippen LogP contribution in [0.3, 0.4) is 0 Å². The molecule has 1 saturated heterocycles. The Morgan fingerprint density at radius 1 is 1.00 bits per heavy atom. The lowest BCUT2D eigenvalue weighted by molar-refractivity contribution is -0.101. The molecule has 0 aromatic heterocycles. The summed E-state index contributed by atoms with van der Waals surface area (Å²) >= 11 is 0. The molecule has 6 heteroatoms. The van der Waals surface area contributed by atoms with Gasteiger partial charge in [-0.3, -0.25) is 0 Å². The predicted octanol–water partition coefficient (Wildman–Crippen LogP) is 3.95. The summed E-state index contributed by atoms with van der Waals surface area (Å²) in [6.07, 6.45) is 6.55. The molecule has 4 aliphatic carbocycles. The van der Waals surface area contributed by atoms with Crippen molar-refractivity contribution in [2.24, 2.45) is 23.7 Å². The molecule has 156 valence electrons. The lowest BCUT2D eigenvalue weighted by Gasteiger charge is -2.53. The van der Waals surface area contributed by atoms with Crippen molar-refractivity contribution in [3.63, 3.8) is 0 Å². The molecule has 1 atom stereocenters. The van der Waals surface area contributed by atoms with Gasteiger partial charge in [0.05, 0.1) is 6.04 Å². The van der Waals surface area contributed by atoms with Gasteiger partial charge >= 0.3 is 12.2 Å². The van der Waals surface area contributed by atoms with Gasteiger partial charge in [0.1, 0.15) is 12.7 Å². The molecule has 1 aliphatic heterocycles. The first-order chi connectivity index (χ1) is 14.1. The molecular formula is C23H30N2O4. The third-order valence-corrected chi connectivity index (χ3v) is 7.36. The van der Waals surface area contributed by atoms with Crippen LogP contribution in [0, 0.1) is 23.7 Å². The van der Waals surface area contributed by atoms with Crippen LogP contribution in [0.1, 0.15) is 44.1 Å². The number of carbonyl (C=O) groups is 2. The van der Waals surface area contributed by atoms with E-state index >= 15 is 0 Å². The van der Waals surface area contributed by atoms with Gasteiger partial charge in [-0.1, -0.05) is 30.3 Å². The highest BCUT2D eigenvalue weighted by Crippen LogP contribution is 2.54. The SMILES string of the molecule is O=C(NC1CCN(C(=O)OC2C3CC4CC(C3)CC2C4)C1)OCc1ccccc1. The molecule has 2 amide bonds. The zero-order chi connectivity index (χ0) is 19.8. The first-order valence-electron chi connectivity index (χ1n) is 11.1. The fourth-order valence-corrected chi connectivity index (χ4v) is 6.23. The number of nitrogens with zero attached hydrogens (tertiary/aromatic N) is 1. The second kappa shape index (κ2) is 7.88. The van der Waals surface area contributed by atoms with E-state index in [9.17, 15) is 9.59 Å². The van der Waals surface area contributed by atoms with Crippen molar-refractivity contribution < 1.29 is 19.1 Å². The Kier molecular flexibility index (Phi) is 5.10. The molecule has 6 rings (SSSR count). The zero-order valence-electron chi connectivity index (χ0n) is 16.8. The second-order valence-electron chi connectivity index (χ2n) is 9.42. The molecule has 0 radical (unpaired) electrons. The average molecular weight is 399 g/mol. The van der Waals surface area contributed by atoms with Crippen molar-refractivity contribution in [2.75, 3.05) is 13.1 Å². The number of likely N-dealkylation sites (tertiary alicyclic amines) is 1. The monoisotopic (exact) mass is 398 g/mol. The number of amides is 2. The third kappa shape index (κ3) is 4.07. The van der Waals surface area contributed by atoms with E-state index in [1.54, 1.807) is 4.90 Å². The lowest BCUT2D eigenvalue weighted by Crippen LogP contribution is -2.51. The van der Waals surface area contributed by atoms with E-state index in [4.69, 9.17) is 9.47 Å². The molecule has 4 bridgehead atoms. The summed E-state index contributed by atoms with van der Waals surface area (Å²) in [4.78, 5) is 26.5. The van der Waals surface area contributed by atoms with Gasteiger partial charge in [-0.2, -0.15) is 0 Å². The third-order valence-electron chi connectivity index (χ3n) is 7.36. The maximum atomic E-state index is 12.7. The van der Waals surface area contributed by atoms with E-state index in [-0.39, 0.29) is 24.8 Å². The maximum Gasteiger partial charge on any atom is 0.410 e. The number of carbonyl (C=O) groups excluding carboxylic acids is 2.